The van der Waals surface area contributed by atoms with Crippen LogP contribution in [0.2, 0.25) is 0 Å². The zero-order chi connectivity index (χ0) is 11.8. The Hall–Kier alpha value is -1.75. The Morgan fingerprint density at radius 2 is 1.88 bits per heavy atom. The van der Waals surface area contributed by atoms with Gasteiger partial charge in [0.15, 0.2) is 0 Å². The Balaban J connectivity index is 2.33. The molecule has 2 N–H and O–H groups in total. The number of ether oxygens (including phenoxy) is 2. The second-order valence-corrected chi connectivity index (χ2v) is 3.14. The summed E-state index contributed by atoms with van der Waals surface area (Å²) < 4.78 is 9.74. The third-order valence-electron chi connectivity index (χ3n) is 1.99. The fourth-order valence-corrected chi connectivity index (χ4v) is 1.13. The largest absolute Gasteiger partial charge is 0.497 e. The molecule has 1 rings (SSSR count). The minimum atomic E-state index is -0.252. The van der Waals surface area contributed by atoms with Crippen LogP contribution in [-0.2, 0) is 11.3 Å². The molecule has 0 heterocycles. The van der Waals surface area contributed by atoms with E-state index in [-0.39, 0.29) is 12.8 Å². The molecule has 0 atom stereocenters. The van der Waals surface area contributed by atoms with Crippen molar-refractivity contribution in [1.29, 1.82) is 0 Å². The van der Waals surface area contributed by atoms with Crippen LogP contribution in [0.1, 0.15) is 5.56 Å². The Kier molecular flexibility index (Phi) is 5.15. The van der Waals surface area contributed by atoms with E-state index in [4.69, 9.17) is 9.47 Å². The first kappa shape index (κ1) is 12.3. The molecule has 0 saturated heterocycles. The molecule has 0 aliphatic carbocycles. The van der Waals surface area contributed by atoms with E-state index < -0.39 is 0 Å². The highest BCUT2D eigenvalue weighted by molar-refractivity contribution is 5.73. The molecule has 5 nitrogen and oxygen atoms in total. The predicted octanol–water partition coefficient (Wildman–Crippen LogP) is 1.10. The number of benzene rings is 1. The van der Waals surface area contributed by atoms with E-state index >= 15 is 0 Å². The van der Waals surface area contributed by atoms with Crippen LogP contribution in [0.4, 0.5) is 4.79 Å². The van der Waals surface area contributed by atoms with Gasteiger partial charge in [-0.1, -0.05) is 12.1 Å². The van der Waals surface area contributed by atoms with Gasteiger partial charge in [0.2, 0.25) is 0 Å². The van der Waals surface area contributed by atoms with Crippen LogP contribution < -0.4 is 15.4 Å². The van der Waals surface area contributed by atoms with Crippen molar-refractivity contribution in [3.8, 4) is 5.75 Å². The SMILES string of the molecule is COCNC(=O)NCc1ccc(OC)cc1. The molecule has 2 amide bonds. The summed E-state index contributed by atoms with van der Waals surface area (Å²) >= 11 is 0. The number of urea groups is 1. The Morgan fingerprint density at radius 3 is 2.44 bits per heavy atom. The van der Waals surface area contributed by atoms with Crippen LogP contribution in [0.3, 0.4) is 0 Å². The molecule has 0 aromatic heterocycles. The van der Waals surface area contributed by atoms with E-state index in [1.807, 2.05) is 24.3 Å². The molecule has 0 saturated carbocycles. The highest BCUT2D eigenvalue weighted by Gasteiger charge is 1.99. The summed E-state index contributed by atoms with van der Waals surface area (Å²) in [6.07, 6.45) is 0. The van der Waals surface area contributed by atoms with Crippen LogP contribution in [0, 0.1) is 0 Å². The molecule has 0 fully saturated rings. The molecule has 1 aromatic carbocycles. The molecule has 5 heteroatoms. The topological polar surface area (TPSA) is 59.6 Å². The lowest BCUT2D eigenvalue weighted by molar-refractivity contribution is 0.172. The zero-order valence-electron chi connectivity index (χ0n) is 9.45. The van der Waals surface area contributed by atoms with E-state index in [9.17, 15) is 4.79 Å². The van der Waals surface area contributed by atoms with E-state index in [1.165, 1.54) is 7.11 Å². The van der Waals surface area contributed by atoms with Gasteiger partial charge in [-0.05, 0) is 17.7 Å². The molecule has 0 bridgehead atoms. The van der Waals surface area contributed by atoms with Crippen LogP contribution in [0.5, 0.6) is 5.75 Å². The molecular formula is C11H16N2O3. The molecule has 0 aliphatic rings. The van der Waals surface area contributed by atoms with Crippen LogP contribution in [0.25, 0.3) is 0 Å². The fourth-order valence-electron chi connectivity index (χ4n) is 1.13. The van der Waals surface area contributed by atoms with Crippen molar-refractivity contribution in [2.24, 2.45) is 0 Å². The molecule has 0 spiro atoms. The summed E-state index contributed by atoms with van der Waals surface area (Å²) in [5.41, 5.74) is 1.01. The quantitative estimate of drug-likeness (QED) is 0.736. The van der Waals surface area contributed by atoms with Crippen molar-refractivity contribution < 1.29 is 14.3 Å². The number of rotatable bonds is 5. The van der Waals surface area contributed by atoms with Gasteiger partial charge >= 0.3 is 6.03 Å². The third-order valence-corrected chi connectivity index (χ3v) is 1.99. The highest BCUT2D eigenvalue weighted by Crippen LogP contribution is 2.10. The molecule has 88 valence electrons. The smallest absolute Gasteiger partial charge is 0.316 e. The monoisotopic (exact) mass is 224 g/mol. The number of amides is 2. The van der Waals surface area contributed by atoms with Crippen molar-refractivity contribution in [2.75, 3.05) is 21.0 Å². The molecule has 0 aliphatic heterocycles. The minimum absolute atomic E-state index is 0.203. The fraction of sp³-hybridized carbons (Fsp3) is 0.364. The van der Waals surface area contributed by atoms with Gasteiger partial charge in [-0.25, -0.2) is 4.79 Å². The Morgan fingerprint density at radius 1 is 1.19 bits per heavy atom. The normalized spacial score (nSPS) is 9.62. The number of methoxy groups -OCH3 is 2. The van der Waals surface area contributed by atoms with Gasteiger partial charge in [-0.2, -0.15) is 0 Å². The van der Waals surface area contributed by atoms with Gasteiger partial charge < -0.3 is 20.1 Å². The Labute approximate surface area is 94.7 Å². The summed E-state index contributed by atoms with van der Waals surface area (Å²) in [5.74, 6) is 0.799. The van der Waals surface area contributed by atoms with E-state index in [0.717, 1.165) is 11.3 Å². The first-order valence-electron chi connectivity index (χ1n) is 4.90. The van der Waals surface area contributed by atoms with Gasteiger partial charge in [0.25, 0.3) is 0 Å². The minimum Gasteiger partial charge on any atom is -0.497 e. The number of carbonyl (C=O) groups is 1. The lowest BCUT2D eigenvalue weighted by Gasteiger charge is -2.07. The maximum atomic E-state index is 11.2. The van der Waals surface area contributed by atoms with E-state index in [1.54, 1.807) is 7.11 Å². The van der Waals surface area contributed by atoms with E-state index in [0.29, 0.717) is 6.54 Å². The second-order valence-electron chi connectivity index (χ2n) is 3.14. The maximum Gasteiger partial charge on any atom is 0.316 e. The molecule has 0 radical (unpaired) electrons. The van der Waals surface area contributed by atoms with Gasteiger partial charge in [-0.15, -0.1) is 0 Å². The molecule has 0 unspecified atom stereocenters. The number of hydrogen-bond acceptors (Lipinski definition) is 3. The number of carbonyl (C=O) groups excluding carboxylic acids is 1. The molecular weight excluding hydrogens is 208 g/mol. The molecule has 16 heavy (non-hydrogen) atoms. The molecule has 1 aromatic rings. The first-order valence-corrected chi connectivity index (χ1v) is 4.90. The van der Waals surface area contributed by atoms with Gasteiger partial charge in [-0.3, -0.25) is 0 Å². The van der Waals surface area contributed by atoms with Gasteiger partial charge in [0.05, 0.1) is 7.11 Å². The summed E-state index contributed by atoms with van der Waals surface area (Å²) in [4.78, 5) is 11.2. The standard InChI is InChI=1S/C11H16N2O3/c1-15-8-13-11(14)12-7-9-3-5-10(16-2)6-4-9/h3-6H,7-8H2,1-2H3,(H2,12,13,14). The number of nitrogens with one attached hydrogen (secondary N) is 2. The maximum absolute atomic E-state index is 11.2. The lowest BCUT2D eigenvalue weighted by Crippen LogP contribution is -2.36. The van der Waals surface area contributed by atoms with Crippen LogP contribution >= 0.6 is 0 Å². The average molecular weight is 224 g/mol. The van der Waals surface area contributed by atoms with Crippen molar-refractivity contribution in [2.45, 2.75) is 6.54 Å². The second kappa shape index (κ2) is 6.68. The van der Waals surface area contributed by atoms with E-state index in [2.05, 4.69) is 10.6 Å². The van der Waals surface area contributed by atoms with Crippen molar-refractivity contribution in [3.63, 3.8) is 0 Å². The number of hydrogen-bond donors (Lipinski definition) is 2. The van der Waals surface area contributed by atoms with Gasteiger partial charge in [0, 0.05) is 13.7 Å². The highest BCUT2D eigenvalue weighted by atomic mass is 16.5. The predicted molar refractivity (Wildman–Crippen MR) is 60.2 cm³/mol. The zero-order valence-corrected chi connectivity index (χ0v) is 9.45. The average Bonchev–Trinajstić information content (AvgIpc) is 2.34. The summed E-state index contributed by atoms with van der Waals surface area (Å²) in [5, 5.41) is 5.23. The van der Waals surface area contributed by atoms with Crippen molar-refractivity contribution >= 4 is 6.03 Å². The van der Waals surface area contributed by atoms with Gasteiger partial charge in [0.1, 0.15) is 12.5 Å². The third kappa shape index (κ3) is 4.18. The summed E-state index contributed by atoms with van der Waals surface area (Å²) in [7, 11) is 3.13. The summed E-state index contributed by atoms with van der Waals surface area (Å²) in [6.45, 7) is 0.675. The first-order chi connectivity index (χ1) is 7.76. The summed E-state index contributed by atoms with van der Waals surface area (Å²) in [6, 6.07) is 7.25. The van der Waals surface area contributed by atoms with Crippen molar-refractivity contribution in [3.05, 3.63) is 29.8 Å². The Bertz CT molecular complexity index is 325. The van der Waals surface area contributed by atoms with Crippen LogP contribution in [-0.4, -0.2) is 27.0 Å². The van der Waals surface area contributed by atoms with Crippen molar-refractivity contribution in [1.82, 2.24) is 10.6 Å². The lowest BCUT2D eigenvalue weighted by atomic mass is 10.2. The van der Waals surface area contributed by atoms with Crippen LogP contribution in [0.15, 0.2) is 24.3 Å².